The van der Waals surface area contributed by atoms with Gasteiger partial charge in [0.15, 0.2) is 0 Å². The number of halogens is 1. The van der Waals surface area contributed by atoms with Crippen LogP contribution < -0.4 is 8.61 Å². The van der Waals surface area contributed by atoms with Crippen LogP contribution in [-0.2, 0) is 10.2 Å². The second kappa shape index (κ2) is 5.93. The first-order valence-electron chi connectivity index (χ1n) is 7.10. The Kier molecular flexibility index (Phi) is 4.14. The summed E-state index contributed by atoms with van der Waals surface area (Å²) in [6.07, 6.45) is 0.759. The maximum absolute atomic E-state index is 13.0. The number of benzene rings is 2. The van der Waals surface area contributed by atoms with E-state index in [1.165, 1.54) is 8.61 Å². The average Bonchev–Trinajstić information content (AvgIpc) is 2.71. The molecule has 6 heteroatoms. The van der Waals surface area contributed by atoms with Gasteiger partial charge in [0, 0.05) is 11.9 Å². The van der Waals surface area contributed by atoms with E-state index in [0.717, 1.165) is 23.0 Å². The monoisotopic (exact) mass is 380 g/mol. The second-order valence-electron chi connectivity index (χ2n) is 5.21. The molecule has 1 heterocycles. The number of hydrogen-bond acceptors (Lipinski definition) is 2. The minimum atomic E-state index is -3.58. The Bertz CT molecular complexity index is 792. The predicted molar refractivity (Wildman–Crippen MR) is 94.4 cm³/mol. The topological polar surface area (TPSA) is 40.6 Å². The molecule has 2 aromatic carbocycles. The SMILES string of the molecule is Cc1cccc(N2c3ccccc3N(CCCBr)S2(=O)=O)c1. The Morgan fingerprint density at radius 1 is 1.05 bits per heavy atom. The van der Waals surface area contributed by atoms with Crippen molar-refractivity contribution >= 4 is 43.2 Å². The van der Waals surface area contributed by atoms with Crippen LogP contribution in [0.4, 0.5) is 17.1 Å². The molecule has 0 amide bonds. The molecule has 0 atom stereocenters. The molecule has 0 fully saturated rings. The third-order valence-electron chi connectivity index (χ3n) is 3.61. The van der Waals surface area contributed by atoms with Crippen molar-refractivity contribution in [2.75, 3.05) is 20.5 Å². The number of rotatable bonds is 4. The zero-order valence-electron chi connectivity index (χ0n) is 12.2. The molecule has 0 bridgehead atoms. The lowest BCUT2D eigenvalue weighted by Gasteiger charge is -2.21. The van der Waals surface area contributed by atoms with Gasteiger partial charge in [-0.1, -0.05) is 40.2 Å². The van der Waals surface area contributed by atoms with E-state index in [9.17, 15) is 8.42 Å². The number of para-hydroxylation sites is 2. The summed E-state index contributed by atoms with van der Waals surface area (Å²) in [6, 6.07) is 15.0. The number of alkyl halides is 1. The highest BCUT2D eigenvalue weighted by atomic mass is 79.9. The van der Waals surface area contributed by atoms with E-state index < -0.39 is 10.2 Å². The first kappa shape index (κ1) is 15.4. The smallest absolute Gasteiger partial charge is 0.251 e. The summed E-state index contributed by atoms with van der Waals surface area (Å²) in [6.45, 7) is 2.42. The van der Waals surface area contributed by atoms with Gasteiger partial charge in [-0.2, -0.15) is 8.42 Å². The van der Waals surface area contributed by atoms with Crippen LogP contribution >= 0.6 is 15.9 Å². The van der Waals surface area contributed by atoms with Crippen LogP contribution in [0.2, 0.25) is 0 Å². The predicted octanol–water partition coefficient (Wildman–Crippen LogP) is 3.98. The zero-order chi connectivity index (χ0) is 15.7. The Morgan fingerprint density at radius 3 is 2.45 bits per heavy atom. The highest BCUT2D eigenvalue weighted by Gasteiger charge is 2.40. The van der Waals surface area contributed by atoms with Gasteiger partial charge in [0.1, 0.15) is 0 Å². The highest BCUT2D eigenvalue weighted by Crippen LogP contribution is 2.45. The molecule has 0 spiro atoms. The molecule has 22 heavy (non-hydrogen) atoms. The third-order valence-corrected chi connectivity index (χ3v) is 5.98. The summed E-state index contributed by atoms with van der Waals surface area (Å²) in [5.74, 6) is 0. The van der Waals surface area contributed by atoms with Crippen molar-refractivity contribution < 1.29 is 8.42 Å². The summed E-state index contributed by atoms with van der Waals surface area (Å²) in [7, 11) is -3.58. The molecule has 3 rings (SSSR count). The quantitative estimate of drug-likeness (QED) is 0.752. The van der Waals surface area contributed by atoms with Crippen LogP contribution in [0.15, 0.2) is 48.5 Å². The molecule has 0 saturated carbocycles. The van der Waals surface area contributed by atoms with E-state index in [4.69, 9.17) is 0 Å². The fraction of sp³-hybridized carbons (Fsp3) is 0.250. The van der Waals surface area contributed by atoms with Crippen LogP contribution in [0, 0.1) is 6.92 Å². The summed E-state index contributed by atoms with van der Waals surface area (Å²) < 4.78 is 28.9. The van der Waals surface area contributed by atoms with Gasteiger partial charge in [0.2, 0.25) is 0 Å². The van der Waals surface area contributed by atoms with Gasteiger partial charge in [0.05, 0.1) is 17.1 Å². The molecule has 116 valence electrons. The number of anilines is 3. The summed E-state index contributed by atoms with van der Waals surface area (Å²) >= 11 is 3.37. The van der Waals surface area contributed by atoms with Crippen molar-refractivity contribution in [2.45, 2.75) is 13.3 Å². The summed E-state index contributed by atoms with van der Waals surface area (Å²) in [4.78, 5) is 0. The fourth-order valence-corrected chi connectivity index (χ4v) is 4.65. The lowest BCUT2D eigenvalue weighted by atomic mass is 10.2. The molecule has 1 aliphatic heterocycles. The van der Waals surface area contributed by atoms with Crippen LogP contribution in [0.1, 0.15) is 12.0 Å². The Labute approximate surface area is 139 Å². The molecule has 1 aliphatic rings. The standard InChI is InChI=1S/C16H17BrN2O2S/c1-13-6-4-7-14(12-13)19-16-9-3-2-8-15(16)18(11-5-10-17)22(19,20)21/h2-4,6-9,12H,5,10-11H2,1H3. The van der Waals surface area contributed by atoms with Crippen LogP contribution in [0.5, 0.6) is 0 Å². The number of fused-ring (bicyclic) bond motifs is 1. The molecule has 0 unspecified atom stereocenters. The molecule has 0 N–H and O–H groups in total. The molecule has 0 aromatic heterocycles. The number of hydrogen-bond donors (Lipinski definition) is 0. The number of aryl methyl sites for hydroxylation is 1. The van der Waals surface area contributed by atoms with Gasteiger partial charge in [-0.3, -0.25) is 4.31 Å². The van der Waals surface area contributed by atoms with Crippen LogP contribution in [0.25, 0.3) is 0 Å². The molecular formula is C16H17BrN2O2S. The lowest BCUT2D eigenvalue weighted by Crippen LogP contribution is -2.36. The molecule has 0 aliphatic carbocycles. The number of nitrogens with zero attached hydrogens (tertiary/aromatic N) is 2. The van der Waals surface area contributed by atoms with E-state index in [0.29, 0.717) is 17.9 Å². The molecule has 4 nitrogen and oxygen atoms in total. The highest BCUT2D eigenvalue weighted by molar-refractivity contribution is 9.09. The van der Waals surface area contributed by atoms with E-state index >= 15 is 0 Å². The van der Waals surface area contributed by atoms with Gasteiger partial charge in [-0.05, 0) is 43.2 Å². The molecule has 0 radical (unpaired) electrons. The lowest BCUT2D eigenvalue weighted by molar-refractivity contribution is 0.593. The normalized spacial score (nSPS) is 15.9. The van der Waals surface area contributed by atoms with E-state index in [1.807, 2.05) is 55.5 Å². The van der Waals surface area contributed by atoms with Gasteiger partial charge in [0.25, 0.3) is 0 Å². The van der Waals surface area contributed by atoms with Crippen molar-refractivity contribution in [3.05, 3.63) is 54.1 Å². The van der Waals surface area contributed by atoms with Crippen LogP contribution in [0.3, 0.4) is 0 Å². The van der Waals surface area contributed by atoms with Crippen molar-refractivity contribution in [2.24, 2.45) is 0 Å². The van der Waals surface area contributed by atoms with Crippen LogP contribution in [-0.4, -0.2) is 20.3 Å². The van der Waals surface area contributed by atoms with Gasteiger partial charge < -0.3 is 0 Å². The van der Waals surface area contributed by atoms with Crippen molar-refractivity contribution in [1.82, 2.24) is 0 Å². The average molecular weight is 381 g/mol. The molecule has 0 saturated heterocycles. The first-order valence-corrected chi connectivity index (χ1v) is 9.62. The maximum atomic E-state index is 13.0. The zero-order valence-corrected chi connectivity index (χ0v) is 14.6. The minimum Gasteiger partial charge on any atom is -0.251 e. The van der Waals surface area contributed by atoms with E-state index in [1.54, 1.807) is 0 Å². The van der Waals surface area contributed by atoms with Crippen molar-refractivity contribution in [3.63, 3.8) is 0 Å². The third kappa shape index (κ3) is 2.50. The molecular weight excluding hydrogens is 364 g/mol. The minimum absolute atomic E-state index is 0.465. The van der Waals surface area contributed by atoms with Crippen molar-refractivity contribution in [1.29, 1.82) is 0 Å². The summed E-state index contributed by atoms with van der Waals surface area (Å²) in [5.41, 5.74) is 3.16. The Morgan fingerprint density at radius 2 is 1.77 bits per heavy atom. The maximum Gasteiger partial charge on any atom is 0.330 e. The first-order chi connectivity index (χ1) is 10.6. The second-order valence-corrected chi connectivity index (χ2v) is 7.71. The van der Waals surface area contributed by atoms with Gasteiger partial charge >= 0.3 is 10.2 Å². The van der Waals surface area contributed by atoms with Gasteiger partial charge in [-0.25, -0.2) is 4.31 Å². The van der Waals surface area contributed by atoms with Crippen molar-refractivity contribution in [3.8, 4) is 0 Å². The van der Waals surface area contributed by atoms with Gasteiger partial charge in [-0.15, -0.1) is 0 Å². The molecule has 2 aromatic rings. The Hall–Kier alpha value is -1.53. The van der Waals surface area contributed by atoms with E-state index in [-0.39, 0.29) is 0 Å². The fourth-order valence-electron chi connectivity index (χ4n) is 2.66. The largest absolute Gasteiger partial charge is 0.330 e. The van der Waals surface area contributed by atoms with E-state index in [2.05, 4.69) is 15.9 Å². The summed E-state index contributed by atoms with van der Waals surface area (Å²) in [5, 5.41) is 0.769. The Balaban J connectivity index is 2.14.